The number of nitrogens with zero attached hydrogens (tertiary/aromatic N) is 6. The number of nitrogens with two attached hydrogens (primary N) is 1. The second-order valence-corrected chi connectivity index (χ2v) is 8.16. The summed E-state index contributed by atoms with van der Waals surface area (Å²) >= 11 is 0. The minimum absolute atomic E-state index is 0.107. The first kappa shape index (κ1) is 21.3. The predicted octanol–water partition coefficient (Wildman–Crippen LogP) is -0.339. The van der Waals surface area contributed by atoms with Crippen molar-refractivity contribution >= 4 is 35.1 Å². The summed E-state index contributed by atoms with van der Waals surface area (Å²) in [6, 6.07) is 5.95. The number of carbonyl (C=O) groups is 4. The average Bonchev–Trinajstić information content (AvgIpc) is 3.47. The number of benzene rings is 1. The Bertz CT molecular complexity index is 1320. The van der Waals surface area contributed by atoms with Gasteiger partial charge in [0.15, 0.2) is 0 Å². The molecule has 2 aromatic heterocycles. The zero-order valence-electron chi connectivity index (χ0n) is 18.2. The van der Waals surface area contributed by atoms with E-state index in [-0.39, 0.29) is 43.7 Å². The molecule has 0 aliphatic carbocycles. The number of amides is 4. The Balaban J connectivity index is 1.29. The topological polar surface area (TPSA) is 170 Å². The number of piperidine rings is 1. The Morgan fingerprint density at radius 3 is 2.82 bits per heavy atom. The molecule has 4 N–H and O–H groups in total. The third-order valence-electron chi connectivity index (χ3n) is 5.88. The van der Waals surface area contributed by atoms with Crippen LogP contribution in [0.25, 0.3) is 11.4 Å². The van der Waals surface area contributed by atoms with Crippen LogP contribution in [0.1, 0.15) is 28.8 Å². The monoisotopic (exact) mass is 463 g/mol. The van der Waals surface area contributed by atoms with Crippen LogP contribution < -0.4 is 16.4 Å². The van der Waals surface area contributed by atoms with Crippen LogP contribution in [0.3, 0.4) is 0 Å². The molecular formula is C21H21N9O4. The van der Waals surface area contributed by atoms with Crippen molar-refractivity contribution in [1.29, 1.82) is 0 Å². The van der Waals surface area contributed by atoms with E-state index in [4.69, 9.17) is 5.73 Å². The summed E-state index contributed by atoms with van der Waals surface area (Å²) in [5.74, 6) is -1.03. The van der Waals surface area contributed by atoms with E-state index in [2.05, 4.69) is 26.0 Å². The van der Waals surface area contributed by atoms with Crippen molar-refractivity contribution in [1.82, 2.24) is 35.0 Å². The highest BCUT2D eigenvalue weighted by molar-refractivity contribution is 6.06. The standard InChI is InChI=1S/C21H21N9O4/c1-28-17(22)7-14(26-28)15-9-29(27-25-15)10-19(32)23-13-4-2-3-11-12(13)8-30(21(11)34)16-5-6-18(31)24-20(16)33/h2-4,7,9,16H,5-6,8,10,22H2,1H3,(H,23,32)(H,24,31,33). The molecule has 1 fully saturated rings. The van der Waals surface area contributed by atoms with E-state index in [1.54, 1.807) is 37.5 Å². The highest BCUT2D eigenvalue weighted by Gasteiger charge is 2.39. The van der Waals surface area contributed by atoms with Crippen LogP contribution in [0.15, 0.2) is 30.5 Å². The van der Waals surface area contributed by atoms with Gasteiger partial charge in [0.05, 0.1) is 6.20 Å². The molecule has 0 saturated carbocycles. The van der Waals surface area contributed by atoms with E-state index in [0.717, 1.165) is 0 Å². The first-order valence-corrected chi connectivity index (χ1v) is 10.6. The van der Waals surface area contributed by atoms with Crippen molar-refractivity contribution in [3.05, 3.63) is 41.6 Å². The lowest BCUT2D eigenvalue weighted by atomic mass is 10.0. The first-order valence-electron chi connectivity index (χ1n) is 10.6. The molecule has 0 radical (unpaired) electrons. The summed E-state index contributed by atoms with van der Waals surface area (Å²) in [6.07, 6.45) is 2.03. The van der Waals surface area contributed by atoms with E-state index in [1.165, 1.54) is 14.3 Å². The van der Waals surface area contributed by atoms with Gasteiger partial charge < -0.3 is 16.0 Å². The molecule has 1 unspecified atom stereocenters. The van der Waals surface area contributed by atoms with Crippen LogP contribution in [0.5, 0.6) is 0 Å². The normalized spacial score (nSPS) is 17.6. The van der Waals surface area contributed by atoms with Gasteiger partial charge in [0, 0.05) is 42.9 Å². The summed E-state index contributed by atoms with van der Waals surface area (Å²) in [5.41, 5.74) is 8.32. The summed E-state index contributed by atoms with van der Waals surface area (Å²) in [7, 11) is 1.71. The Labute approximate surface area is 192 Å². The maximum atomic E-state index is 12.9. The minimum atomic E-state index is -0.727. The molecule has 34 heavy (non-hydrogen) atoms. The van der Waals surface area contributed by atoms with Crippen molar-refractivity contribution in [2.75, 3.05) is 11.1 Å². The number of nitrogen functional groups attached to an aromatic ring is 1. The van der Waals surface area contributed by atoms with E-state index in [9.17, 15) is 19.2 Å². The van der Waals surface area contributed by atoms with Gasteiger partial charge in [0.25, 0.3) is 5.91 Å². The van der Waals surface area contributed by atoms with Gasteiger partial charge in [0.2, 0.25) is 17.7 Å². The molecule has 13 heteroatoms. The zero-order chi connectivity index (χ0) is 24.0. The van der Waals surface area contributed by atoms with E-state index in [0.29, 0.717) is 34.0 Å². The summed E-state index contributed by atoms with van der Waals surface area (Å²) in [6.45, 7) is 0.0508. The zero-order valence-corrected chi connectivity index (χ0v) is 18.2. The molecule has 4 amide bonds. The SMILES string of the molecule is Cn1nc(-c2cn(CC(=O)Nc3cccc4c3CN(C3CCC(=O)NC3=O)C4=O)nn2)cc1N. The molecule has 174 valence electrons. The van der Waals surface area contributed by atoms with Crippen molar-refractivity contribution < 1.29 is 19.2 Å². The van der Waals surface area contributed by atoms with Gasteiger partial charge in [-0.15, -0.1) is 5.10 Å². The van der Waals surface area contributed by atoms with Gasteiger partial charge in [-0.05, 0) is 18.6 Å². The van der Waals surface area contributed by atoms with E-state index in [1.807, 2.05) is 0 Å². The number of hydrogen-bond acceptors (Lipinski definition) is 8. The smallest absolute Gasteiger partial charge is 0.255 e. The van der Waals surface area contributed by atoms with Gasteiger partial charge in [-0.3, -0.25) is 29.2 Å². The number of imide groups is 1. The Morgan fingerprint density at radius 1 is 1.26 bits per heavy atom. The van der Waals surface area contributed by atoms with Crippen molar-refractivity contribution in [3.63, 3.8) is 0 Å². The highest BCUT2D eigenvalue weighted by atomic mass is 16.2. The predicted molar refractivity (Wildman–Crippen MR) is 118 cm³/mol. The van der Waals surface area contributed by atoms with Gasteiger partial charge in [-0.1, -0.05) is 11.3 Å². The number of anilines is 2. The molecule has 0 bridgehead atoms. The van der Waals surface area contributed by atoms with Crippen LogP contribution in [-0.4, -0.2) is 59.3 Å². The fourth-order valence-electron chi connectivity index (χ4n) is 4.14. The van der Waals surface area contributed by atoms with Crippen LogP contribution in [0, 0.1) is 0 Å². The highest BCUT2D eigenvalue weighted by Crippen LogP contribution is 2.32. The molecule has 3 aromatic rings. The van der Waals surface area contributed by atoms with Crippen molar-refractivity contribution in [2.45, 2.75) is 32.0 Å². The van der Waals surface area contributed by atoms with Gasteiger partial charge >= 0.3 is 0 Å². The molecular weight excluding hydrogens is 442 g/mol. The third-order valence-corrected chi connectivity index (χ3v) is 5.88. The lowest BCUT2D eigenvalue weighted by Gasteiger charge is -2.29. The Morgan fingerprint density at radius 2 is 2.09 bits per heavy atom. The number of fused-ring (bicyclic) bond motifs is 1. The van der Waals surface area contributed by atoms with Gasteiger partial charge in [-0.25, -0.2) is 4.68 Å². The third kappa shape index (κ3) is 3.76. The lowest BCUT2D eigenvalue weighted by Crippen LogP contribution is -2.52. The number of rotatable bonds is 5. The molecule has 4 heterocycles. The maximum Gasteiger partial charge on any atom is 0.255 e. The molecule has 0 spiro atoms. The van der Waals surface area contributed by atoms with Gasteiger partial charge in [0.1, 0.15) is 29.8 Å². The van der Waals surface area contributed by atoms with Crippen molar-refractivity contribution in [3.8, 4) is 11.4 Å². The van der Waals surface area contributed by atoms with Crippen LogP contribution in [0.2, 0.25) is 0 Å². The molecule has 1 saturated heterocycles. The molecule has 1 aromatic carbocycles. The number of aryl methyl sites for hydroxylation is 1. The summed E-state index contributed by atoms with van der Waals surface area (Å²) in [4.78, 5) is 50.8. The summed E-state index contributed by atoms with van der Waals surface area (Å²) in [5, 5.41) is 17.3. The summed E-state index contributed by atoms with van der Waals surface area (Å²) < 4.78 is 2.88. The molecule has 1 atom stereocenters. The van der Waals surface area contributed by atoms with E-state index >= 15 is 0 Å². The second kappa shape index (κ2) is 8.10. The van der Waals surface area contributed by atoms with Gasteiger partial charge in [-0.2, -0.15) is 5.10 Å². The van der Waals surface area contributed by atoms with Crippen LogP contribution in [-0.2, 0) is 34.5 Å². The van der Waals surface area contributed by atoms with E-state index < -0.39 is 11.9 Å². The van der Waals surface area contributed by atoms with Crippen LogP contribution in [0.4, 0.5) is 11.5 Å². The fraction of sp³-hybridized carbons (Fsp3) is 0.286. The molecule has 5 rings (SSSR count). The quantitative estimate of drug-likeness (QED) is 0.432. The maximum absolute atomic E-state index is 12.9. The second-order valence-electron chi connectivity index (χ2n) is 8.16. The number of hydrogen-bond donors (Lipinski definition) is 3. The molecule has 2 aliphatic heterocycles. The lowest BCUT2D eigenvalue weighted by molar-refractivity contribution is -0.137. The number of nitrogens with one attached hydrogen (secondary N) is 2. The first-order chi connectivity index (χ1) is 16.3. The Kier molecular flexibility index (Phi) is 5.07. The largest absolute Gasteiger partial charge is 0.384 e. The minimum Gasteiger partial charge on any atom is -0.384 e. The molecule has 2 aliphatic rings. The number of aromatic nitrogens is 5. The molecule has 13 nitrogen and oxygen atoms in total. The average molecular weight is 463 g/mol. The van der Waals surface area contributed by atoms with Crippen molar-refractivity contribution in [2.24, 2.45) is 7.05 Å². The van der Waals surface area contributed by atoms with Crippen LogP contribution >= 0.6 is 0 Å². The fourth-order valence-corrected chi connectivity index (χ4v) is 4.14. The Hall–Kier alpha value is -4.55. The number of carbonyl (C=O) groups excluding carboxylic acids is 4.